The second kappa shape index (κ2) is 8.14. The predicted molar refractivity (Wildman–Crippen MR) is 129 cm³/mol. The van der Waals surface area contributed by atoms with Gasteiger partial charge in [-0.15, -0.1) is 11.8 Å². The van der Waals surface area contributed by atoms with Crippen molar-refractivity contribution in [1.82, 2.24) is 15.0 Å². The molecule has 2 unspecified atom stereocenters. The summed E-state index contributed by atoms with van der Waals surface area (Å²) < 4.78 is 36.8. The number of fused-ring (bicyclic) bond motifs is 4. The molecule has 0 saturated carbocycles. The van der Waals surface area contributed by atoms with Gasteiger partial charge in [0.15, 0.2) is 11.6 Å². The molecule has 0 bridgehead atoms. The van der Waals surface area contributed by atoms with Gasteiger partial charge in [0.25, 0.3) is 0 Å². The summed E-state index contributed by atoms with van der Waals surface area (Å²) >= 11 is 1.18. The fourth-order valence-corrected chi connectivity index (χ4v) is 6.19. The first-order chi connectivity index (χ1) is 16.9. The highest BCUT2D eigenvalue weighted by atomic mass is 32.2. The monoisotopic (exact) mass is 492 g/mol. The lowest BCUT2D eigenvalue weighted by Crippen LogP contribution is -2.30. The molecule has 35 heavy (non-hydrogen) atoms. The van der Waals surface area contributed by atoms with Crippen molar-refractivity contribution < 1.29 is 13.5 Å². The van der Waals surface area contributed by atoms with E-state index in [1.807, 2.05) is 0 Å². The molecule has 0 radical (unpaired) electrons. The number of ether oxygens (including phenoxy) is 1. The van der Waals surface area contributed by atoms with E-state index in [1.54, 1.807) is 6.20 Å². The van der Waals surface area contributed by atoms with E-state index in [1.165, 1.54) is 11.8 Å². The van der Waals surface area contributed by atoms with Crippen LogP contribution < -0.4 is 10.6 Å². The lowest BCUT2D eigenvalue weighted by Gasteiger charge is -2.24. The van der Waals surface area contributed by atoms with E-state index in [2.05, 4.69) is 39.8 Å². The zero-order valence-electron chi connectivity index (χ0n) is 19.2. The first-order valence-corrected chi connectivity index (χ1v) is 12.4. The normalized spacial score (nSPS) is 21.4. The lowest BCUT2D eigenvalue weighted by molar-refractivity contribution is 0.135. The Hall–Kier alpha value is -3.29. The summed E-state index contributed by atoms with van der Waals surface area (Å²) in [5.74, 6) is 0.0907. The summed E-state index contributed by atoms with van der Waals surface area (Å²) in [4.78, 5) is 15.9. The number of thioether (sulfide) groups is 1. The quantitative estimate of drug-likeness (QED) is 0.557. The number of nitriles is 1. The van der Waals surface area contributed by atoms with E-state index in [0.717, 1.165) is 24.7 Å². The molecule has 2 N–H and O–H groups in total. The number of nitrogens with two attached hydrogens (primary N) is 1. The number of aromatic nitrogens is 3. The van der Waals surface area contributed by atoms with Gasteiger partial charge in [0, 0.05) is 46.7 Å². The molecule has 3 aliphatic heterocycles. The van der Waals surface area contributed by atoms with Crippen molar-refractivity contribution in [3.05, 3.63) is 46.4 Å². The van der Waals surface area contributed by atoms with Crippen LogP contribution in [0.3, 0.4) is 0 Å². The van der Waals surface area contributed by atoms with Crippen LogP contribution >= 0.6 is 11.8 Å². The van der Waals surface area contributed by atoms with Crippen LogP contribution in [0.15, 0.2) is 23.0 Å². The molecule has 0 spiro atoms. The third-order valence-corrected chi connectivity index (χ3v) is 8.51. The van der Waals surface area contributed by atoms with E-state index in [-0.39, 0.29) is 57.8 Å². The molecule has 2 atom stereocenters. The maximum atomic E-state index is 16.4. The third kappa shape index (κ3) is 3.22. The van der Waals surface area contributed by atoms with Crippen molar-refractivity contribution in [3.8, 4) is 17.3 Å². The molecular formula is C25H22F2N6OS. The predicted octanol–water partition coefficient (Wildman–Crippen LogP) is 4.53. The average Bonchev–Trinajstić information content (AvgIpc) is 3.47. The summed E-state index contributed by atoms with van der Waals surface area (Å²) in [6.07, 6.45) is 3.75. The summed E-state index contributed by atoms with van der Waals surface area (Å²) in [5.41, 5.74) is 8.68. The van der Waals surface area contributed by atoms with Crippen LogP contribution in [-0.2, 0) is 18.0 Å². The third-order valence-electron chi connectivity index (χ3n) is 7.36. The van der Waals surface area contributed by atoms with Crippen LogP contribution in [0.5, 0.6) is 0 Å². The van der Waals surface area contributed by atoms with Gasteiger partial charge >= 0.3 is 0 Å². The Labute approximate surface area is 205 Å². The van der Waals surface area contributed by atoms with E-state index in [0.29, 0.717) is 28.5 Å². The maximum Gasteiger partial charge on any atom is 0.226 e. The number of rotatable bonds is 2. The van der Waals surface area contributed by atoms with Crippen molar-refractivity contribution in [2.75, 3.05) is 17.2 Å². The number of hydrogen-bond donors (Lipinski definition) is 1. The Morgan fingerprint density at radius 1 is 1.17 bits per heavy atom. The molecule has 7 nitrogen and oxygen atoms in total. The van der Waals surface area contributed by atoms with Crippen molar-refractivity contribution in [3.63, 3.8) is 0 Å². The molecule has 1 aromatic carbocycles. The molecule has 10 heteroatoms. The zero-order valence-corrected chi connectivity index (χ0v) is 20.0. The largest absolute Gasteiger partial charge is 0.400 e. The standard InChI is InChI=1S/C25H22F2N6OS/c1-11-3-4-33(12(11)2)25-31-6-14-15-8-34-9-16(15)19(21(27)22(14)32-25)23-20-13(5-28)18(29)10-35-24(20)17(26)7-30-23/h6-7,11-12H,3-4,8-10,29H2,1-2H3. The molecule has 0 amide bonds. The molecule has 0 aliphatic carbocycles. The molecule has 3 aliphatic rings. The van der Waals surface area contributed by atoms with Crippen molar-refractivity contribution >= 4 is 34.2 Å². The molecule has 178 valence electrons. The van der Waals surface area contributed by atoms with Crippen molar-refractivity contribution in [1.29, 1.82) is 5.26 Å². The molecule has 1 fully saturated rings. The van der Waals surface area contributed by atoms with Gasteiger partial charge in [0.2, 0.25) is 5.95 Å². The van der Waals surface area contributed by atoms with Gasteiger partial charge in [-0.25, -0.2) is 18.7 Å². The number of benzene rings is 1. The van der Waals surface area contributed by atoms with Crippen LogP contribution in [0, 0.1) is 28.9 Å². The SMILES string of the molecule is CC1CCN(c2ncc3c4c(c(-c5ncc(F)c6c5C(C#N)=C(N)CS6)c(F)c3n2)COC4)C1C. The molecule has 2 aromatic heterocycles. The summed E-state index contributed by atoms with van der Waals surface area (Å²) in [7, 11) is 0. The smallest absolute Gasteiger partial charge is 0.226 e. The highest BCUT2D eigenvalue weighted by Crippen LogP contribution is 2.46. The van der Waals surface area contributed by atoms with Gasteiger partial charge in [0.1, 0.15) is 11.6 Å². The first-order valence-electron chi connectivity index (χ1n) is 11.5. The minimum absolute atomic E-state index is 0.121. The second-order valence-corrected chi connectivity index (χ2v) is 10.2. The molecule has 1 saturated heterocycles. The number of nitrogens with zero attached hydrogens (tertiary/aromatic N) is 5. The summed E-state index contributed by atoms with van der Waals surface area (Å²) in [5, 5.41) is 10.4. The van der Waals surface area contributed by atoms with Gasteiger partial charge in [-0.05, 0) is 30.4 Å². The Balaban J connectivity index is 1.64. The highest BCUT2D eigenvalue weighted by molar-refractivity contribution is 7.99. The Morgan fingerprint density at radius 2 is 1.97 bits per heavy atom. The Morgan fingerprint density at radius 3 is 2.71 bits per heavy atom. The Kier molecular flexibility index (Phi) is 5.16. The minimum Gasteiger partial charge on any atom is -0.400 e. The number of pyridine rings is 1. The minimum atomic E-state index is -0.583. The van der Waals surface area contributed by atoms with E-state index < -0.39 is 11.6 Å². The average molecular weight is 493 g/mol. The van der Waals surface area contributed by atoms with Gasteiger partial charge < -0.3 is 15.4 Å². The van der Waals surface area contributed by atoms with E-state index >= 15 is 4.39 Å². The fourth-order valence-electron chi connectivity index (χ4n) is 5.21. The lowest BCUT2D eigenvalue weighted by atomic mass is 9.91. The van der Waals surface area contributed by atoms with Crippen LogP contribution in [-0.4, -0.2) is 33.3 Å². The van der Waals surface area contributed by atoms with Gasteiger partial charge in [-0.3, -0.25) is 4.98 Å². The van der Waals surface area contributed by atoms with Crippen molar-refractivity contribution in [2.45, 2.75) is 44.4 Å². The van der Waals surface area contributed by atoms with Crippen LogP contribution in [0.2, 0.25) is 0 Å². The zero-order chi connectivity index (χ0) is 24.4. The summed E-state index contributed by atoms with van der Waals surface area (Å²) in [6.45, 7) is 5.55. The van der Waals surface area contributed by atoms with Crippen LogP contribution in [0.4, 0.5) is 14.7 Å². The molecule has 6 rings (SSSR count). The molecule has 5 heterocycles. The van der Waals surface area contributed by atoms with Crippen molar-refractivity contribution in [2.24, 2.45) is 11.7 Å². The second-order valence-electron chi connectivity index (χ2n) is 9.23. The summed E-state index contributed by atoms with van der Waals surface area (Å²) in [6, 6.07) is 2.31. The molecule has 3 aromatic rings. The maximum absolute atomic E-state index is 16.4. The first kappa shape index (κ1) is 22.2. The van der Waals surface area contributed by atoms with Gasteiger partial charge in [0.05, 0.1) is 35.6 Å². The van der Waals surface area contributed by atoms with Crippen LogP contribution in [0.25, 0.3) is 27.7 Å². The van der Waals surface area contributed by atoms with Crippen LogP contribution in [0.1, 0.15) is 37.0 Å². The molecular weight excluding hydrogens is 470 g/mol. The number of halogens is 2. The number of anilines is 1. The number of allylic oxidation sites excluding steroid dienone is 1. The Bertz CT molecular complexity index is 1480. The number of hydrogen-bond acceptors (Lipinski definition) is 8. The fraction of sp³-hybridized carbons (Fsp3) is 0.360. The topological polar surface area (TPSA) is 101 Å². The van der Waals surface area contributed by atoms with Gasteiger partial charge in [-0.2, -0.15) is 5.26 Å². The van der Waals surface area contributed by atoms with E-state index in [9.17, 15) is 9.65 Å². The van der Waals surface area contributed by atoms with E-state index in [4.69, 9.17) is 10.5 Å². The highest BCUT2D eigenvalue weighted by Gasteiger charge is 2.34. The van der Waals surface area contributed by atoms with Gasteiger partial charge in [-0.1, -0.05) is 6.92 Å².